The predicted octanol–water partition coefficient (Wildman–Crippen LogP) is 4.63. The third kappa shape index (κ3) is 3.05. The first-order valence-corrected chi connectivity index (χ1v) is 7.12. The van der Waals surface area contributed by atoms with Gasteiger partial charge in [-0.05, 0) is 56.0 Å². The molecule has 1 atom stereocenters. The summed E-state index contributed by atoms with van der Waals surface area (Å²) in [6.07, 6.45) is 0. The summed E-state index contributed by atoms with van der Waals surface area (Å²) in [7, 11) is 0. The first-order valence-electron chi connectivity index (χ1n) is 6.24. The second kappa shape index (κ2) is 5.91. The number of anilines is 1. The maximum Gasteiger partial charge on any atom is 0.119 e. The Morgan fingerprint density at radius 1 is 1.33 bits per heavy atom. The molecule has 0 fully saturated rings. The molecule has 0 saturated carbocycles. The number of thiophene rings is 1. The molecule has 1 N–H and O–H groups in total. The second-order valence-corrected chi connectivity index (χ2v) is 5.27. The van der Waals surface area contributed by atoms with E-state index in [0.29, 0.717) is 12.6 Å². The number of benzene rings is 1. The smallest absolute Gasteiger partial charge is 0.119 e. The van der Waals surface area contributed by atoms with Gasteiger partial charge in [-0.1, -0.05) is 6.07 Å². The molecule has 3 heteroatoms. The summed E-state index contributed by atoms with van der Waals surface area (Å²) in [6, 6.07) is 10.8. The average molecular weight is 261 g/mol. The van der Waals surface area contributed by atoms with Gasteiger partial charge in [0, 0.05) is 10.6 Å². The highest BCUT2D eigenvalue weighted by Gasteiger charge is 2.08. The monoisotopic (exact) mass is 261 g/mol. The van der Waals surface area contributed by atoms with E-state index in [1.165, 1.54) is 16.1 Å². The minimum atomic E-state index is 0.335. The average Bonchev–Trinajstić information content (AvgIpc) is 2.86. The van der Waals surface area contributed by atoms with Crippen LogP contribution in [0.25, 0.3) is 0 Å². The molecule has 18 heavy (non-hydrogen) atoms. The minimum absolute atomic E-state index is 0.335. The second-order valence-electron chi connectivity index (χ2n) is 4.29. The first-order chi connectivity index (χ1) is 8.70. The first kappa shape index (κ1) is 13.0. The highest BCUT2D eigenvalue weighted by molar-refractivity contribution is 7.10. The summed E-state index contributed by atoms with van der Waals surface area (Å²) in [4.78, 5) is 1.35. The number of ether oxygens (including phenoxy) is 1. The Kier molecular flexibility index (Phi) is 4.26. The van der Waals surface area contributed by atoms with E-state index in [2.05, 4.69) is 48.8 Å². The van der Waals surface area contributed by atoms with Crippen molar-refractivity contribution < 1.29 is 4.74 Å². The van der Waals surface area contributed by atoms with Crippen molar-refractivity contribution in [2.75, 3.05) is 11.9 Å². The third-order valence-electron chi connectivity index (χ3n) is 2.85. The van der Waals surface area contributed by atoms with Crippen molar-refractivity contribution in [2.24, 2.45) is 0 Å². The van der Waals surface area contributed by atoms with Crippen LogP contribution in [0.2, 0.25) is 0 Å². The van der Waals surface area contributed by atoms with Gasteiger partial charge in [0.05, 0.1) is 12.6 Å². The van der Waals surface area contributed by atoms with E-state index in [0.717, 1.165) is 5.75 Å². The van der Waals surface area contributed by atoms with Gasteiger partial charge in [0.2, 0.25) is 0 Å². The molecule has 0 bridgehead atoms. The molecule has 0 aliphatic rings. The fourth-order valence-electron chi connectivity index (χ4n) is 1.90. The normalized spacial score (nSPS) is 12.2. The molecule has 1 aromatic heterocycles. The molecule has 2 rings (SSSR count). The Morgan fingerprint density at radius 2 is 2.17 bits per heavy atom. The molecule has 1 aromatic carbocycles. The van der Waals surface area contributed by atoms with E-state index in [1.54, 1.807) is 11.3 Å². The minimum Gasteiger partial charge on any atom is -0.494 e. The Morgan fingerprint density at radius 3 is 2.78 bits per heavy atom. The quantitative estimate of drug-likeness (QED) is 0.847. The van der Waals surface area contributed by atoms with Crippen LogP contribution in [-0.2, 0) is 0 Å². The maximum absolute atomic E-state index is 5.49. The summed E-state index contributed by atoms with van der Waals surface area (Å²) in [5.74, 6) is 0.935. The molecule has 0 amide bonds. The molecule has 0 aliphatic carbocycles. The Labute approximate surface area is 113 Å². The molecule has 2 aromatic rings. The van der Waals surface area contributed by atoms with Gasteiger partial charge in [-0.2, -0.15) is 0 Å². The van der Waals surface area contributed by atoms with Crippen molar-refractivity contribution in [3.8, 4) is 5.75 Å². The van der Waals surface area contributed by atoms with E-state index >= 15 is 0 Å². The fraction of sp³-hybridized carbons (Fsp3) is 0.333. The number of aryl methyl sites for hydroxylation is 1. The van der Waals surface area contributed by atoms with Gasteiger partial charge in [-0.3, -0.25) is 0 Å². The van der Waals surface area contributed by atoms with Crippen LogP contribution in [0.15, 0.2) is 35.7 Å². The molecule has 0 saturated heterocycles. The molecule has 1 unspecified atom stereocenters. The lowest BCUT2D eigenvalue weighted by Gasteiger charge is -2.16. The molecule has 0 radical (unpaired) electrons. The van der Waals surface area contributed by atoms with E-state index in [4.69, 9.17) is 4.74 Å². The molecular formula is C15H19NOS. The standard InChI is InChI=1S/C15H19NOS/c1-4-17-13-7-8-14(11(2)10-13)16-12(3)15-6-5-9-18-15/h5-10,12,16H,4H2,1-3H3. The lowest BCUT2D eigenvalue weighted by Crippen LogP contribution is -2.06. The van der Waals surface area contributed by atoms with Gasteiger partial charge in [0.15, 0.2) is 0 Å². The Hall–Kier alpha value is -1.48. The molecule has 2 nitrogen and oxygen atoms in total. The van der Waals surface area contributed by atoms with E-state index in [-0.39, 0.29) is 0 Å². The lowest BCUT2D eigenvalue weighted by atomic mass is 10.1. The summed E-state index contributed by atoms with van der Waals surface area (Å²) in [5, 5.41) is 5.65. The number of rotatable bonds is 5. The molecule has 0 aliphatic heterocycles. The van der Waals surface area contributed by atoms with Crippen LogP contribution in [-0.4, -0.2) is 6.61 Å². The lowest BCUT2D eigenvalue weighted by molar-refractivity contribution is 0.340. The zero-order valence-corrected chi connectivity index (χ0v) is 11.9. The SMILES string of the molecule is CCOc1ccc(NC(C)c2cccs2)c(C)c1. The van der Waals surface area contributed by atoms with Crippen molar-refractivity contribution in [3.63, 3.8) is 0 Å². The fourth-order valence-corrected chi connectivity index (χ4v) is 2.63. The highest BCUT2D eigenvalue weighted by atomic mass is 32.1. The van der Waals surface area contributed by atoms with Crippen LogP contribution in [0.4, 0.5) is 5.69 Å². The third-order valence-corrected chi connectivity index (χ3v) is 3.91. The van der Waals surface area contributed by atoms with Crippen molar-refractivity contribution in [2.45, 2.75) is 26.8 Å². The zero-order chi connectivity index (χ0) is 13.0. The summed E-state index contributed by atoms with van der Waals surface area (Å²) in [5.41, 5.74) is 2.38. The number of nitrogens with one attached hydrogen (secondary N) is 1. The van der Waals surface area contributed by atoms with Crippen LogP contribution in [0.5, 0.6) is 5.75 Å². The predicted molar refractivity (Wildman–Crippen MR) is 78.7 cm³/mol. The van der Waals surface area contributed by atoms with Crippen LogP contribution in [0, 0.1) is 6.92 Å². The van der Waals surface area contributed by atoms with Gasteiger partial charge >= 0.3 is 0 Å². The molecule has 96 valence electrons. The number of hydrogen-bond donors (Lipinski definition) is 1. The van der Waals surface area contributed by atoms with Crippen LogP contribution in [0.1, 0.15) is 30.3 Å². The van der Waals surface area contributed by atoms with Gasteiger partial charge in [0.1, 0.15) is 5.75 Å². The Balaban J connectivity index is 2.10. The van der Waals surface area contributed by atoms with Crippen LogP contribution < -0.4 is 10.1 Å². The van der Waals surface area contributed by atoms with E-state index in [1.807, 2.05) is 13.0 Å². The summed E-state index contributed by atoms with van der Waals surface area (Å²) < 4.78 is 5.49. The molecular weight excluding hydrogens is 242 g/mol. The maximum atomic E-state index is 5.49. The highest BCUT2D eigenvalue weighted by Crippen LogP contribution is 2.27. The van der Waals surface area contributed by atoms with Crippen LogP contribution >= 0.6 is 11.3 Å². The topological polar surface area (TPSA) is 21.3 Å². The van der Waals surface area contributed by atoms with Crippen molar-refractivity contribution in [3.05, 3.63) is 46.2 Å². The molecule has 0 spiro atoms. The van der Waals surface area contributed by atoms with E-state index < -0.39 is 0 Å². The summed E-state index contributed by atoms with van der Waals surface area (Å²) in [6.45, 7) is 6.99. The van der Waals surface area contributed by atoms with Gasteiger partial charge < -0.3 is 10.1 Å². The zero-order valence-electron chi connectivity index (χ0n) is 11.1. The molecule has 1 heterocycles. The number of hydrogen-bond acceptors (Lipinski definition) is 3. The Bertz CT molecular complexity index is 493. The van der Waals surface area contributed by atoms with Crippen molar-refractivity contribution in [1.29, 1.82) is 0 Å². The van der Waals surface area contributed by atoms with Crippen molar-refractivity contribution in [1.82, 2.24) is 0 Å². The van der Waals surface area contributed by atoms with Gasteiger partial charge in [-0.15, -0.1) is 11.3 Å². The van der Waals surface area contributed by atoms with Crippen LogP contribution in [0.3, 0.4) is 0 Å². The van der Waals surface area contributed by atoms with Crippen molar-refractivity contribution >= 4 is 17.0 Å². The summed E-state index contributed by atoms with van der Waals surface area (Å²) >= 11 is 1.78. The van der Waals surface area contributed by atoms with Gasteiger partial charge in [-0.25, -0.2) is 0 Å². The van der Waals surface area contributed by atoms with E-state index in [9.17, 15) is 0 Å². The van der Waals surface area contributed by atoms with Gasteiger partial charge in [0.25, 0.3) is 0 Å². The largest absolute Gasteiger partial charge is 0.494 e.